The van der Waals surface area contributed by atoms with Gasteiger partial charge in [-0.15, -0.1) is 24.0 Å². The van der Waals surface area contributed by atoms with E-state index in [0.29, 0.717) is 18.9 Å². The zero-order chi connectivity index (χ0) is 19.7. The van der Waals surface area contributed by atoms with Crippen molar-refractivity contribution < 1.29 is 13.2 Å². The highest BCUT2D eigenvalue weighted by Crippen LogP contribution is 2.09. The standard InChI is InChI=1S/C19H32N4O3S.HI/c1-16(8-13-27(3,24)25)22-19(20-2)21-14-17-4-6-18(7-5-17)15-23-9-11-26-12-10-23;/h4-7,16H,8-15H2,1-3H3,(H2,20,21,22);1H. The van der Waals surface area contributed by atoms with Crippen molar-refractivity contribution in [2.45, 2.75) is 32.5 Å². The van der Waals surface area contributed by atoms with Crippen LogP contribution in [0, 0.1) is 0 Å². The van der Waals surface area contributed by atoms with Crippen LogP contribution in [0.2, 0.25) is 0 Å². The number of halogens is 1. The Hall–Kier alpha value is -0.910. The quantitative estimate of drug-likeness (QED) is 0.306. The number of hydrogen-bond donors (Lipinski definition) is 2. The van der Waals surface area contributed by atoms with Crippen molar-refractivity contribution in [3.63, 3.8) is 0 Å². The second-order valence-electron chi connectivity index (χ2n) is 7.09. The van der Waals surface area contributed by atoms with Crippen molar-refractivity contribution >= 4 is 39.8 Å². The van der Waals surface area contributed by atoms with Gasteiger partial charge in [-0.3, -0.25) is 9.89 Å². The third kappa shape index (κ3) is 10.0. The summed E-state index contributed by atoms with van der Waals surface area (Å²) in [5, 5.41) is 6.51. The number of benzene rings is 1. The maximum atomic E-state index is 11.3. The summed E-state index contributed by atoms with van der Waals surface area (Å²) in [6.07, 6.45) is 1.81. The smallest absolute Gasteiger partial charge is 0.191 e. The van der Waals surface area contributed by atoms with Crippen molar-refractivity contribution in [3.8, 4) is 0 Å². The molecule has 0 aromatic heterocycles. The summed E-state index contributed by atoms with van der Waals surface area (Å²) >= 11 is 0. The molecule has 9 heteroatoms. The summed E-state index contributed by atoms with van der Waals surface area (Å²) in [5.41, 5.74) is 2.48. The summed E-state index contributed by atoms with van der Waals surface area (Å²) < 4.78 is 27.9. The van der Waals surface area contributed by atoms with E-state index in [2.05, 4.69) is 44.8 Å². The van der Waals surface area contributed by atoms with E-state index in [1.54, 1.807) is 7.05 Å². The molecule has 1 atom stereocenters. The number of aliphatic imine (C=N–C) groups is 1. The first kappa shape index (κ1) is 25.1. The molecule has 1 aliphatic rings. The minimum atomic E-state index is -2.94. The Labute approximate surface area is 186 Å². The van der Waals surface area contributed by atoms with Gasteiger partial charge in [-0.05, 0) is 24.5 Å². The molecule has 28 heavy (non-hydrogen) atoms. The van der Waals surface area contributed by atoms with Crippen molar-refractivity contribution in [3.05, 3.63) is 35.4 Å². The monoisotopic (exact) mass is 524 g/mol. The lowest BCUT2D eigenvalue weighted by Crippen LogP contribution is -2.42. The molecule has 0 radical (unpaired) electrons. The van der Waals surface area contributed by atoms with E-state index in [4.69, 9.17) is 4.74 Å². The van der Waals surface area contributed by atoms with Gasteiger partial charge in [0.05, 0.1) is 19.0 Å². The molecule has 1 saturated heterocycles. The molecule has 7 nitrogen and oxygen atoms in total. The van der Waals surface area contributed by atoms with Gasteiger partial charge in [0.25, 0.3) is 0 Å². The molecular weight excluding hydrogens is 491 g/mol. The third-order valence-corrected chi connectivity index (χ3v) is 5.50. The number of sulfone groups is 1. The highest BCUT2D eigenvalue weighted by molar-refractivity contribution is 14.0. The summed E-state index contributed by atoms with van der Waals surface area (Å²) in [7, 11) is -1.23. The minimum Gasteiger partial charge on any atom is -0.379 e. The number of ether oxygens (including phenoxy) is 1. The molecule has 1 unspecified atom stereocenters. The lowest BCUT2D eigenvalue weighted by atomic mass is 10.1. The zero-order valence-corrected chi connectivity index (χ0v) is 20.1. The predicted octanol–water partition coefficient (Wildman–Crippen LogP) is 1.62. The van der Waals surface area contributed by atoms with Crippen LogP contribution < -0.4 is 10.6 Å². The van der Waals surface area contributed by atoms with Crippen LogP contribution in [-0.2, 0) is 27.7 Å². The SMILES string of the molecule is CN=C(NCc1ccc(CN2CCOCC2)cc1)NC(C)CCS(C)(=O)=O.I. The maximum absolute atomic E-state index is 11.3. The fourth-order valence-electron chi connectivity index (χ4n) is 2.86. The molecule has 0 bridgehead atoms. The molecule has 160 valence electrons. The first-order valence-corrected chi connectivity index (χ1v) is 11.4. The highest BCUT2D eigenvalue weighted by atomic mass is 127. The van der Waals surface area contributed by atoms with Crippen molar-refractivity contribution in [1.82, 2.24) is 15.5 Å². The number of nitrogens with zero attached hydrogens (tertiary/aromatic N) is 2. The van der Waals surface area contributed by atoms with Crippen molar-refractivity contribution in [2.75, 3.05) is 45.4 Å². The first-order valence-electron chi connectivity index (χ1n) is 9.38. The van der Waals surface area contributed by atoms with Crippen LogP contribution in [0.4, 0.5) is 0 Å². The molecule has 1 aliphatic heterocycles. The fraction of sp³-hybridized carbons (Fsp3) is 0.632. The number of hydrogen-bond acceptors (Lipinski definition) is 5. The van der Waals surface area contributed by atoms with E-state index in [-0.39, 0.29) is 35.8 Å². The molecule has 2 N–H and O–H groups in total. The van der Waals surface area contributed by atoms with Gasteiger partial charge in [0.15, 0.2) is 5.96 Å². The number of nitrogens with one attached hydrogen (secondary N) is 2. The summed E-state index contributed by atoms with van der Waals surface area (Å²) in [5.74, 6) is 0.844. The lowest BCUT2D eigenvalue weighted by molar-refractivity contribution is 0.0342. The maximum Gasteiger partial charge on any atom is 0.191 e. The summed E-state index contributed by atoms with van der Waals surface area (Å²) in [4.78, 5) is 6.61. The van der Waals surface area contributed by atoms with Crippen LogP contribution in [0.25, 0.3) is 0 Å². The average Bonchev–Trinajstić information content (AvgIpc) is 2.65. The minimum absolute atomic E-state index is 0. The molecule has 0 spiro atoms. The van der Waals surface area contributed by atoms with E-state index >= 15 is 0 Å². The van der Waals surface area contributed by atoms with Crippen LogP contribution in [0.15, 0.2) is 29.3 Å². The van der Waals surface area contributed by atoms with E-state index in [1.165, 1.54) is 17.4 Å². The normalized spacial score (nSPS) is 16.9. The first-order chi connectivity index (χ1) is 12.9. The van der Waals surface area contributed by atoms with Crippen molar-refractivity contribution in [2.24, 2.45) is 4.99 Å². The molecule has 1 aromatic carbocycles. The molecule has 0 aliphatic carbocycles. The van der Waals surface area contributed by atoms with Gasteiger partial charge in [-0.2, -0.15) is 0 Å². The van der Waals surface area contributed by atoms with E-state index in [9.17, 15) is 8.42 Å². The van der Waals surface area contributed by atoms with Crippen molar-refractivity contribution in [1.29, 1.82) is 0 Å². The molecule has 1 heterocycles. The molecule has 0 saturated carbocycles. The van der Waals surface area contributed by atoms with Gasteiger partial charge < -0.3 is 15.4 Å². The van der Waals surface area contributed by atoms with Gasteiger partial charge >= 0.3 is 0 Å². The topological polar surface area (TPSA) is 83.0 Å². The summed E-state index contributed by atoms with van der Waals surface area (Å²) in [6, 6.07) is 8.61. The van der Waals surface area contributed by atoms with Crippen LogP contribution in [0.1, 0.15) is 24.5 Å². The average molecular weight is 524 g/mol. The number of rotatable bonds is 8. The second kappa shape index (κ2) is 12.6. The largest absolute Gasteiger partial charge is 0.379 e. The van der Waals surface area contributed by atoms with Gasteiger partial charge in [0, 0.05) is 45.5 Å². The number of morpholine rings is 1. The Bertz CT molecular complexity index is 704. The molecule has 1 aromatic rings. The summed E-state index contributed by atoms with van der Waals surface area (Å²) in [6.45, 7) is 7.19. The van der Waals surface area contributed by atoms with Crippen LogP contribution >= 0.6 is 24.0 Å². The van der Waals surface area contributed by atoms with Gasteiger partial charge in [0.2, 0.25) is 0 Å². The van der Waals surface area contributed by atoms with E-state index in [1.807, 2.05) is 6.92 Å². The molecule has 0 amide bonds. The molecule has 1 fully saturated rings. The zero-order valence-electron chi connectivity index (χ0n) is 17.0. The van der Waals surface area contributed by atoms with Gasteiger partial charge in [-0.25, -0.2) is 8.42 Å². The Balaban J connectivity index is 0.00000392. The Kier molecular flexibility index (Phi) is 11.3. The Morgan fingerprint density at radius 3 is 2.39 bits per heavy atom. The predicted molar refractivity (Wildman–Crippen MR) is 125 cm³/mol. The van der Waals surface area contributed by atoms with Crippen LogP contribution in [0.5, 0.6) is 0 Å². The van der Waals surface area contributed by atoms with Gasteiger partial charge in [-0.1, -0.05) is 24.3 Å². The van der Waals surface area contributed by atoms with Crippen LogP contribution in [-0.4, -0.2) is 70.7 Å². The van der Waals surface area contributed by atoms with Crippen LogP contribution in [0.3, 0.4) is 0 Å². The molecule has 2 rings (SSSR count). The lowest BCUT2D eigenvalue weighted by Gasteiger charge is -2.26. The molecular formula is C19H33IN4O3S. The Morgan fingerprint density at radius 1 is 1.21 bits per heavy atom. The Morgan fingerprint density at radius 2 is 1.82 bits per heavy atom. The fourth-order valence-corrected chi connectivity index (χ4v) is 3.64. The van der Waals surface area contributed by atoms with E-state index < -0.39 is 9.84 Å². The third-order valence-electron chi connectivity index (χ3n) is 4.52. The highest BCUT2D eigenvalue weighted by Gasteiger charge is 2.11. The second-order valence-corrected chi connectivity index (χ2v) is 9.35. The number of guanidine groups is 1. The van der Waals surface area contributed by atoms with E-state index in [0.717, 1.165) is 32.8 Å². The van der Waals surface area contributed by atoms with Gasteiger partial charge in [0.1, 0.15) is 9.84 Å².